The zero-order valence-corrected chi connectivity index (χ0v) is 10.3. The first-order chi connectivity index (χ1) is 8.45. The minimum atomic E-state index is -0.566. The van der Waals surface area contributed by atoms with Crippen molar-refractivity contribution in [2.45, 2.75) is 13.8 Å². The second kappa shape index (κ2) is 6.00. The molecule has 98 valence electrons. The van der Waals surface area contributed by atoms with Crippen molar-refractivity contribution in [2.24, 2.45) is 16.8 Å². The molecule has 4 N–H and O–H groups in total. The number of oxime groups is 1. The molecule has 0 spiro atoms. The Morgan fingerprint density at radius 1 is 1.61 bits per heavy atom. The number of amides is 1. The Morgan fingerprint density at radius 2 is 2.28 bits per heavy atom. The normalized spacial score (nSPS) is 13.2. The van der Waals surface area contributed by atoms with Crippen LogP contribution >= 0.6 is 0 Å². The van der Waals surface area contributed by atoms with E-state index in [0.717, 1.165) is 5.56 Å². The highest BCUT2D eigenvalue weighted by Gasteiger charge is 2.14. The molecule has 1 amide bonds. The number of amidine groups is 1. The highest BCUT2D eigenvalue weighted by atomic mass is 19.1. The van der Waals surface area contributed by atoms with Crippen LogP contribution in [0, 0.1) is 18.7 Å². The van der Waals surface area contributed by atoms with Gasteiger partial charge in [0.15, 0.2) is 0 Å². The summed E-state index contributed by atoms with van der Waals surface area (Å²) in [5, 5.41) is 13.8. The van der Waals surface area contributed by atoms with E-state index >= 15 is 0 Å². The molecule has 1 unspecified atom stereocenters. The number of halogens is 1. The van der Waals surface area contributed by atoms with Crippen LogP contribution in [0.2, 0.25) is 0 Å². The Bertz CT molecular complexity index is 474. The molecule has 0 aliphatic heterocycles. The Labute approximate surface area is 104 Å². The van der Waals surface area contributed by atoms with Gasteiger partial charge in [0.05, 0.1) is 5.56 Å². The second-order valence-electron chi connectivity index (χ2n) is 4.12. The zero-order chi connectivity index (χ0) is 13.7. The Hall–Kier alpha value is -2.11. The van der Waals surface area contributed by atoms with Crippen LogP contribution in [0.4, 0.5) is 4.39 Å². The smallest absolute Gasteiger partial charge is 0.254 e. The fourth-order valence-electron chi connectivity index (χ4n) is 1.35. The summed E-state index contributed by atoms with van der Waals surface area (Å²) in [7, 11) is 0. The van der Waals surface area contributed by atoms with Gasteiger partial charge in [0.25, 0.3) is 5.91 Å². The number of nitrogens with two attached hydrogens (primary N) is 1. The minimum absolute atomic E-state index is 0.0136. The van der Waals surface area contributed by atoms with Crippen molar-refractivity contribution < 1.29 is 14.4 Å². The predicted octanol–water partition coefficient (Wildman–Crippen LogP) is 1.25. The monoisotopic (exact) mass is 253 g/mol. The second-order valence-corrected chi connectivity index (χ2v) is 4.12. The maximum Gasteiger partial charge on any atom is 0.254 e. The van der Waals surface area contributed by atoms with E-state index in [1.165, 1.54) is 12.1 Å². The highest BCUT2D eigenvalue weighted by Crippen LogP contribution is 2.09. The number of carbonyl (C=O) groups is 1. The molecule has 1 atom stereocenters. The SMILES string of the molecule is Cc1ccc(C(=O)NCC(C)C(N)=NO)c(F)c1. The molecule has 18 heavy (non-hydrogen) atoms. The molecule has 0 aliphatic carbocycles. The van der Waals surface area contributed by atoms with Crippen molar-refractivity contribution in [1.29, 1.82) is 0 Å². The van der Waals surface area contributed by atoms with Crippen molar-refractivity contribution in [1.82, 2.24) is 5.32 Å². The number of rotatable bonds is 4. The summed E-state index contributed by atoms with van der Waals surface area (Å²) in [5.74, 6) is -1.40. The fourth-order valence-corrected chi connectivity index (χ4v) is 1.35. The van der Waals surface area contributed by atoms with Crippen LogP contribution in [0.5, 0.6) is 0 Å². The van der Waals surface area contributed by atoms with Crippen LogP contribution in [0.15, 0.2) is 23.4 Å². The topological polar surface area (TPSA) is 87.7 Å². The molecule has 0 heterocycles. The van der Waals surface area contributed by atoms with E-state index in [9.17, 15) is 9.18 Å². The third kappa shape index (κ3) is 3.44. The molecule has 0 bridgehead atoms. The molecular formula is C12H16FN3O2. The first kappa shape index (κ1) is 14.0. The maximum absolute atomic E-state index is 13.5. The van der Waals surface area contributed by atoms with Crippen LogP contribution < -0.4 is 11.1 Å². The van der Waals surface area contributed by atoms with E-state index in [1.807, 2.05) is 0 Å². The maximum atomic E-state index is 13.5. The number of hydrogen-bond donors (Lipinski definition) is 3. The average Bonchev–Trinajstić information content (AvgIpc) is 2.34. The van der Waals surface area contributed by atoms with Gasteiger partial charge in [0.2, 0.25) is 0 Å². The van der Waals surface area contributed by atoms with Gasteiger partial charge in [-0.15, -0.1) is 0 Å². The van der Waals surface area contributed by atoms with Gasteiger partial charge in [0.1, 0.15) is 11.7 Å². The molecule has 1 aromatic rings. The standard InChI is InChI=1S/C12H16FN3O2/c1-7-3-4-9(10(13)5-7)12(17)15-6-8(2)11(14)16-18/h3-5,8,18H,6H2,1-2H3,(H2,14,16)(H,15,17). The molecule has 0 aromatic heterocycles. The van der Waals surface area contributed by atoms with Crippen molar-refractivity contribution in [3.63, 3.8) is 0 Å². The van der Waals surface area contributed by atoms with E-state index < -0.39 is 11.7 Å². The first-order valence-electron chi connectivity index (χ1n) is 5.47. The van der Waals surface area contributed by atoms with Gasteiger partial charge < -0.3 is 16.3 Å². The van der Waals surface area contributed by atoms with E-state index in [1.54, 1.807) is 19.9 Å². The summed E-state index contributed by atoms with van der Waals surface area (Å²) >= 11 is 0. The Morgan fingerprint density at radius 3 is 2.83 bits per heavy atom. The van der Waals surface area contributed by atoms with Gasteiger partial charge in [-0.2, -0.15) is 0 Å². The van der Waals surface area contributed by atoms with E-state index in [2.05, 4.69) is 10.5 Å². The van der Waals surface area contributed by atoms with Crippen LogP contribution in [-0.4, -0.2) is 23.5 Å². The molecule has 0 aliphatic rings. The lowest BCUT2D eigenvalue weighted by Crippen LogP contribution is -2.35. The van der Waals surface area contributed by atoms with E-state index in [0.29, 0.717) is 0 Å². The molecule has 0 radical (unpaired) electrons. The van der Waals surface area contributed by atoms with Gasteiger partial charge in [-0.05, 0) is 24.6 Å². The van der Waals surface area contributed by atoms with E-state index in [-0.39, 0.29) is 23.9 Å². The fraction of sp³-hybridized carbons (Fsp3) is 0.333. The quantitative estimate of drug-likeness (QED) is 0.326. The molecule has 1 rings (SSSR count). The predicted molar refractivity (Wildman–Crippen MR) is 66.0 cm³/mol. The van der Waals surface area contributed by atoms with Crippen LogP contribution in [0.25, 0.3) is 0 Å². The van der Waals surface area contributed by atoms with Gasteiger partial charge in [-0.3, -0.25) is 4.79 Å². The lowest BCUT2D eigenvalue weighted by molar-refractivity contribution is 0.0947. The molecule has 1 aromatic carbocycles. The molecule has 6 heteroatoms. The number of aryl methyl sites for hydroxylation is 1. The summed E-state index contributed by atoms with van der Waals surface area (Å²) in [6, 6.07) is 4.38. The average molecular weight is 253 g/mol. The lowest BCUT2D eigenvalue weighted by Gasteiger charge is -2.11. The van der Waals surface area contributed by atoms with Gasteiger partial charge in [0, 0.05) is 12.5 Å². The van der Waals surface area contributed by atoms with E-state index in [4.69, 9.17) is 10.9 Å². The van der Waals surface area contributed by atoms with Crippen molar-refractivity contribution >= 4 is 11.7 Å². The zero-order valence-electron chi connectivity index (χ0n) is 10.3. The van der Waals surface area contributed by atoms with Gasteiger partial charge in [-0.25, -0.2) is 4.39 Å². The molecule has 0 saturated carbocycles. The number of nitrogens with zero attached hydrogens (tertiary/aromatic N) is 1. The van der Waals surface area contributed by atoms with Crippen molar-refractivity contribution in [3.05, 3.63) is 35.1 Å². The summed E-state index contributed by atoms with van der Waals surface area (Å²) in [6.07, 6.45) is 0. The molecular weight excluding hydrogens is 237 g/mol. The van der Waals surface area contributed by atoms with Crippen LogP contribution in [0.1, 0.15) is 22.8 Å². The number of carbonyl (C=O) groups excluding carboxylic acids is 1. The largest absolute Gasteiger partial charge is 0.409 e. The summed E-state index contributed by atoms with van der Waals surface area (Å²) in [4.78, 5) is 11.7. The van der Waals surface area contributed by atoms with Crippen molar-refractivity contribution in [3.8, 4) is 0 Å². The number of nitrogens with one attached hydrogen (secondary N) is 1. The highest BCUT2D eigenvalue weighted by molar-refractivity contribution is 5.95. The summed E-state index contributed by atoms with van der Waals surface area (Å²) < 4.78 is 13.5. The van der Waals surface area contributed by atoms with Gasteiger partial charge >= 0.3 is 0 Å². The summed E-state index contributed by atoms with van der Waals surface area (Å²) in [6.45, 7) is 3.59. The van der Waals surface area contributed by atoms with Crippen molar-refractivity contribution in [2.75, 3.05) is 6.54 Å². The molecule has 0 fully saturated rings. The third-order valence-electron chi connectivity index (χ3n) is 2.56. The van der Waals surface area contributed by atoms with Gasteiger partial charge in [-0.1, -0.05) is 18.1 Å². The molecule has 5 nitrogen and oxygen atoms in total. The minimum Gasteiger partial charge on any atom is -0.409 e. The lowest BCUT2D eigenvalue weighted by atomic mass is 10.1. The number of hydrogen-bond acceptors (Lipinski definition) is 3. The Kier molecular flexibility index (Phi) is 4.65. The van der Waals surface area contributed by atoms with Crippen LogP contribution in [0.3, 0.4) is 0 Å². The summed E-state index contributed by atoms with van der Waals surface area (Å²) in [5.41, 5.74) is 6.09. The third-order valence-corrected chi connectivity index (χ3v) is 2.56. The molecule has 0 saturated heterocycles. The Balaban J connectivity index is 2.66. The first-order valence-corrected chi connectivity index (χ1v) is 5.47. The van der Waals surface area contributed by atoms with Crippen LogP contribution in [-0.2, 0) is 0 Å². The number of benzene rings is 1.